The van der Waals surface area contributed by atoms with Gasteiger partial charge in [0.2, 0.25) is 0 Å². The highest BCUT2D eigenvalue weighted by atomic mass is 14.8. The van der Waals surface area contributed by atoms with Crippen molar-refractivity contribution < 1.29 is 5.32 Å². The first kappa shape index (κ1) is 16.2. The Hall–Kier alpha value is -0.560. The molecule has 0 spiro atoms. The van der Waals surface area contributed by atoms with Crippen LogP contribution in [-0.2, 0) is 0 Å². The average molecular weight is 143 g/mol. The molecule has 0 heterocycles. The minimum atomic E-state index is 0. The number of hydrogen-bond acceptors (Lipinski definition) is 0. The predicted molar refractivity (Wildman–Crippen MR) is 49.8 cm³/mol. The van der Waals surface area contributed by atoms with Crippen molar-refractivity contribution in [1.82, 2.24) is 0 Å². The van der Waals surface area contributed by atoms with Gasteiger partial charge in [-0.3, -0.25) is 0 Å². The highest BCUT2D eigenvalue weighted by Gasteiger charge is 1.61. The molecule has 0 radical (unpaired) electrons. The van der Waals surface area contributed by atoms with Gasteiger partial charge in [0.25, 0.3) is 0 Å². The van der Waals surface area contributed by atoms with Gasteiger partial charge in [0.1, 0.15) is 0 Å². The molecule has 0 atom stereocenters. The monoisotopic (exact) mass is 143 g/mol. The molecule has 10 heavy (non-hydrogen) atoms. The molecular weight excluding hydrogens is 122 g/mol. The van der Waals surface area contributed by atoms with E-state index in [1.807, 2.05) is 19.2 Å². The lowest BCUT2D eigenvalue weighted by molar-refractivity contribution is -0.617. The molecule has 0 aliphatic rings. The van der Waals surface area contributed by atoms with Crippen molar-refractivity contribution in [3.05, 3.63) is 32.7 Å². The highest BCUT2D eigenvalue weighted by molar-refractivity contribution is 4.60. The summed E-state index contributed by atoms with van der Waals surface area (Å²) in [7, 11) is 2.02. The lowest BCUT2D eigenvalue weighted by Gasteiger charge is -1.76. The molecular formula is C9H21N. The van der Waals surface area contributed by atoms with E-state index in [1.165, 1.54) is 0 Å². The first-order chi connectivity index (χ1) is 4.33. The van der Waals surface area contributed by atoms with E-state index in [4.69, 9.17) is 0 Å². The first-order valence-corrected chi connectivity index (χ1v) is 3.33. The summed E-state index contributed by atoms with van der Waals surface area (Å²) in [6.45, 7) is 10.1. The quantitative estimate of drug-likeness (QED) is 0.454. The number of hydrogen-bond donors (Lipinski definition) is 1. The fourth-order valence-electron chi connectivity index (χ4n) is 0.167. The van der Waals surface area contributed by atoms with E-state index in [0.717, 1.165) is 13.0 Å². The predicted octanol–water partition coefficient (Wildman–Crippen LogP) is 1.40. The summed E-state index contributed by atoms with van der Waals surface area (Å²) in [5.41, 5.74) is 0. The Kier molecular flexibility index (Phi) is 38.4. The molecule has 0 unspecified atom stereocenters. The molecule has 1 nitrogen and oxygen atoms in total. The zero-order valence-electron chi connectivity index (χ0n) is 7.56. The van der Waals surface area contributed by atoms with E-state index in [1.54, 1.807) is 0 Å². The summed E-state index contributed by atoms with van der Waals surface area (Å²) in [6, 6.07) is 0. The number of rotatable bonds is 3. The maximum Gasteiger partial charge on any atom is 0.0937 e. The zero-order valence-corrected chi connectivity index (χ0v) is 7.56. The fraction of sp³-hybridized carbons (Fsp3) is 0.444. The zero-order chi connectivity index (χ0) is 7.54. The van der Waals surface area contributed by atoms with Crippen LogP contribution in [-0.4, -0.2) is 13.6 Å². The second kappa shape index (κ2) is 23.7. The summed E-state index contributed by atoms with van der Waals surface area (Å²) in [6.07, 6.45) is 4.83. The molecule has 2 N–H and O–H groups in total. The maximum absolute atomic E-state index is 3.52. The summed E-state index contributed by atoms with van der Waals surface area (Å²) in [4.78, 5) is 0. The van der Waals surface area contributed by atoms with E-state index >= 15 is 0 Å². The number of likely N-dealkylation sites (N-methyl/N-ethyl adjacent to an activating group) is 1. The van der Waals surface area contributed by atoms with Gasteiger partial charge in [-0.15, -0.1) is 6.58 Å². The van der Waals surface area contributed by atoms with Crippen molar-refractivity contribution in [2.75, 3.05) is 13.6 Å². The molecule has 0 bridgehead atoms. The van der Waals surface area contributed by atoms with Crippen molar-refractivity contribution in [1.29, 1.82) is 0 Å². The Balaban J connectivity index is -0.0000000910. The molecule has 0 amide bonds. The van der Waals surface area contributed by atoms with Gasteiger partial charge in [0.15, 0.2) is 0 Å². The Labute approximate surface area is 65.8 Å². The molecule has 0 rings (SSSR count). The lowest BCUT2D eigenvalue weighted by Crippen LogP contribution is -2.79. The molecule has 0 saturated heterocycles. The Morgan fingerprint density at radius 1 is 1.30 bits per heavy atom. The molecule has 0 aromatic rings. The minimum absolute atomic E-state index is 0. The van der Waals surface area contributed by atoms with E-state index < -0.39 is 0 Å². The number of quaternary nitrogens is 1. The standard InChI is InChI=1S/C4H9N.C4H8.CH3/c1-3-4-5-2;1-3-4-2;/h3,5H,1,4H2,2H3;3H,1,4H2,2H3;1H3/q;;-1/p+1. The third-order valence-electron chi connectivity index (χ3n) is 0.691. The highest BCUT2D eigenvalue weighted by Crippen LogP contribution is 1.66. The van der Waals surface area contributed by atoms with Gasteiger partial charge in [-0.1, -0.05) is 19.6 Å². The lowest BCUT2D eigenvalue weighted by atomic mass is 10.5. The van der Waals surface area contributed by atoms with Crippen LogP contribution in [0.4, 0.5) is 0 Å². The number of nitrogens with two attached hydrogens (primary N) is 1. The SMILES string of the molecule is C=CCC.C=CC[NH2+]C.[CH3-]. The summed E-state index contributed by atoms with van der Waals surface area (Å²) < 4.78 is 0. The Morgan fingerprint density at radius 2 is 1.70 bits per heavy atom. The molecule has 0 aromatic heterocycles. The topological polar surface area (TPSA) is 16.6 Å². The van der Waals surface area contributed by atoms with Gasteiger partial charge < -0.3 is 12.7 Å². The summed E-state index contributed by atoms with van der Waals surface area (Å²) >= 11 is 0. The second-order valence-electron chi connectivity index (χ2n) is 1.63. The van der Waals surface area contributed by atoms with Crippen LogP contribution in [0.5, 0.6) is 0 Å². The van der Waals surface area contributed by atoms with Gasteiger partial charge in [-0.2, -0.15) is 0 Å². The first-order valence-electron chi connectivity index (χ1n) is 3.33. The van der Waals surface area contributed by atoms with Crippen LogP contribution in [0.2, 0.25) is 0 Å². The molecule has 0 fully saturated rings. The van der Waals surface area contributed by atoms with Crippen molar-refractivity contribution >= 4 is 0 Å². The van der Waals surface area contributed by atoms with Gasteiger partial charge in [0, 0.05) is 0 Å². The van der Waals surface area contributed by atoms with Crippen LogP contribution in [0, 0.1) is 7.43 Å². The van der Waals surface area contributed by atoms with E-state index in [-0.39, 0.29) is 7.43 Å². The number of allylic oxidation sites excluding steroid dienone is 1. The molecule has 1 heteroatoms. The largest absolute Gasteiger partial charge is 0.358 e. The van der Waals surface area contributed by atoms with Gasteiger partial charge >= 0.3 is 0 Å². The third-order valence-corrected chi connectivity index (χ3v) is 0.691. The second-order valence-corrected chi connectivity index (χ2v) is 1.63. The van der Waals surface area contributed by atoms with E-state index in [9.17, 15) is 0 Å². The van der Waals surface area contributed by atoms with Crippen molar-refractivity contribution in [2.24, 2.45) is 0 Å². The smallest absolute Gasteiger partial charge is 0.0937 e. The summed E-state index contributed by atoms with van der Waals surface area (Å²) in [5, 5.41) is 2.06. The van der Waals surface area contributed by atoms with Gasteiger partial charge in [0.05, 0.1) is 13.6 Å². The fourth-order valence-corrected chi connectivity index (χ4v) is 0.167. The van der Waals surface area contributed by atoms with E-state index in [2.05, 4.69) is 25.4 Å². The van der Waals surface area contributed by atoms with Crippen LogP contribution >= 0.6 is 0 Å². The Morgan fingerprint density at radius 3 is 1.70 bits per heavy atom. The van der Waals surface area contributed by atoms with Crippen molar-refractivity contribution in [3.8, 4) is 0 Å². The Bertz CT molecular complexity index is 57.7. The average Bonchev–Trinajstić information content (AvgIpc) is 1.91. The van der Waals surface area contributed by atoms with Gasteiger partial charge in [-0.05, 0) is 12.5 Å². The van der Waals surface area contributed by atoms with Crippen LogP contribution < -0.4 is 5.32 Å². The van der Waals surface area contributed by atoms with Crippen LogP contribution in [0.1, 0.15) is 13.3 Å². The van der Waals surface area contributed by atoms with Crippen LogP contribution in [0.25, 0.3) is 0 Å². The third kappa shape index (κ3) is 51.8. The van der Waals surface area contributed by atoms with Crippen LogP contribution in [0.3, 0.4) is 0 Å². The minimum Gasteiger partial charge on any atom is -0.358 e. The maximum atomic E-state index is 3.52. The molecule has 0 saturated carbocycles. The molecule has 62 valence electrons. The normalized spacial score (nSPS) is 6.20. The van der Waals surface area contributed by atoms with Gasteiger partial charge in [-0.25, -0.2) is 0 Å². The van der Waals surface area contributed by atoms with Crippen molar-refractivity contribution in [3.63, 3.8) is 0 Å². The van der Waals surface area contributed by atoms with Crippen molar-refractivity contribution in [2.45, 2.75) is 13.3 Å². The molecule has 0 aliphatic carbocycles. The molecule has 0 aromatic carbocycles. The van der Waals surface area contributed by atoms with E-state index in [0.29, 0.717) is 0 Å². The van der Waals surface area contributed by atoms with Crippen LogP contribution in [0.15, 0.2) is 25.3 Å². The summed E-state index contributed by atoms with van der Waals surface area (Å²) in [5.74, 6) is 0. The molecule has 0 aliphatic heterocycles.